The molecule has 1 aromatic heterocycles. The Kier molecular flexibility index (Phi) is 10.4. The Morgan fingerprint density at radius 3 is 2.61 bits per heavy atom. The van der Waals surface area contributed by atoms with Gasteiger partial charge in [-0.2, -0.15) is 0 Å². The van der Waals surface area contributed by atoms with Crippen molar-refractivity contribution in [3.63, 3.8) is 0 Å². The first kappa shape index (κ1) is 26.3. The van der Waals surface area contributed by atoms with Crippen molar-refractivity contribution in [2.24, 2.45) is 5.14 Å². The molecule has 1 aliphatic rings. The van der Waals surface area contributed by atoms with Gasteiger partial charge in [0.2, 0.25) is 10.0 Å². The second-order valence-electron chi connectivity index (χ2n) is 7.09. The van der Waals surface area contributed by atoms with Crippen LogP contribution in [0.1, 0.15) is 25.3 Å². The highest BCUT2D eigenvalue weighted by atomic mass is 32.3. The maximum Gasteiger partial charge on any atom is 0.305 e. The Morgan fingerprint density at radius 2 is 1.97 bits per heavy atom. The number of quaternary nitrogens is 1. The third-order valence-corrected chi connectivity index (χ3v) is 8.68. The number of sulfonamides is 1. The number of methoxy groups -OCH3 is 2. The number of ether oxygens (including phenoxy) is 3. The molecule has 1 aromatic rings. The smallest absolute Gasteiger partial charge is 0.305 e. The van der Waals surface area contributed by atoms with Crippen molar-refractivity contribution in [2.75, 3.05) is 60.3 Å². The topological polar surface area (TPSA) is 108 Å². The molecule has 1 aliphatic heterocycles. The molecule has 2 rings (SSSR count). The summed E-state index contributed by atoms with van der Waals surface area (Å²) >= 11 is 2.77. The Hall–Kier alpha value is -0.990. The minimum Gasteiger partial charge on any atom is -0.466 e. The molecular formula is C19H32N3O6S3+. The molecule has 0 spiro atoms. The van der Waals surface area contributed by atoms with Crippen molar-refractivity contribution >= 4 is 45.4 Å². The average molecular weight is 495 g/mol. The van der Waals surface area contributed by atoms with Crippen LogP contribution in [-0.4, -0.2) is 83.5 Å². The van der Waals surface area contributed by atoms with Gasteiger partial charge in [-0.05, 0) is 19.4 Å². The molecule has 0 saturated heterocycles. The monoisotopic (exact) mass is 494 g/mol. The molecule has 1 unspecified atom stereocenters. The number of rotatable bonds is 14. The number of fused-ring (bicyclic) bond motifs is 1. The molecule has 2 N–H and O–H groups in total. The molecule has 0 saturated carbocycles. The van der Waals surface area contributed by atoms with Crippen LogP contribution in [0.5, 0.6) is 0 Å². The minimum absolute atomic E-state index is 0.159. The zero-order valence-electron chi connectivity index (χ0n) is 18.2. The van der Waals surface area contributed by atoms with E-state index in [9.17, 15) is 13.2 Å². The Bertz CT molecular complexity index is 858. The second kappa shape index (κ2) is 12.3. The standard InChI is InChI=1S/C19H32N3O6S3/c1-4-28-17(23)6-5-8-21(9-12-26-2)15-22(11-13-27-3)10-7-16-14-18(31(20,24)25)29-19(16)30-22/h7,10,14H,4-6,8-9,11-13,15H2,1-3H3,(H2,20,24,25)/q+1. The van der Waals surface area contributed by atoms with E-state index in [1.165, 1.54) is 11.3 Å². The number of carbonyl (C=O) groups is 1. The van der Waals surface area contributed by atoms with E-state index in [0.29, 0.717) is 62.9 Å². The maximum absolute atomic E-state index is 11.8. The van der Waals surface area contributed by atoms with Gasteiger partial charge in [0.15, 0.2) is 6.67 Å². The summed E-state index contributed by atoms with van der Waals surface area (Å²) in [4.78, 5) is 13.9. The zero-order chi connectivity index (χ0) is 22.9. The fraction of sp³-hybridized carbons (Fsp3) is 0.632. The third kappa shape index (κ3) is 8.13. The van der Waals surface area contributed by atoms with Gasteiger partial charge in [-0.15, -0.1) is 11.3 Å². The van der Waals surface area contributed by atoms with E-state index in [0.717, 1.165) is 9.77 Å². The molecule has 2 heterocycles. The lowest BCUT2D eigenvalue weighted by molar-refractivity contribution is -0.754. The first-order valence-electron chi connectivity index (χ1n) is 10.0. The number of hydrogen-bond acceptors (Lipinski definition) is 9. The van der Waals surface area contributed by atoms with Crippen LogP contribution in [0.3, 0.4) is 0 Å². The molecule has 0 aromatic carbocycles. The van der Waals surface area contributed by atoms with Gasteiger partial charge in [0.1, 0.15) is 33.1 Å². The quantitative estimate of drug-likeness (QED) is 0.238. The molecule has 0 aliphatic carbocycles. The van der Waals surface area contributed by atoms with Crippen molar-refractivity contribution in [2.45, 2.75) is 28.2 Å². The van der Waals surface area contributed by atoms with Crippen molar-refractivity contribution in [1.29, 1.82) is 0 Å². The summed E-state index contributed by atoms with van der Waals surface area (Å²) in [7, 11) is -0.422. The van der Waals surface area contributed by atoms with Crippen molar-refractivity contribution in [3.8, 4) is 0 Å². The van der Waals surface area contributed by atoms with E-state index in [-0.39, 0.29) is 10.2 Å². The Balaban J connectivity index is 2.16. The van der Waals surface area contributed by atoms with Gasteiger partial charge >= 0.3 is 5.97 Å². The zero-order valence-corrected chi connectivity index (χ0v) is 20.7. The van der Waals surface area contributed by atoms with Crippen molar-refractivity contribution in [3.05, 3.63) is 17.8 Å². The van der Waals surface area contributed by atoms with Crippen LogP contribution < -0.4 is 5.14 Å². The molecule has 0 bridgehead atoms. The summed E-state index contributed by atoms with van der Waals surface area (Å²) in [6.45, 7) is 6.06. The van der Waals surface area contributed by atoms with E-state index >= 15 is 0 Å². The molecule has 176 valence electrons. The normalized spacial score (nSPS) is 18.4. The molecule has 0 radical (unpaired) electrons. The van der Waals surface area contributed by atoms with Gasteiger partial charge in [0, 0.05) is 45.4 Å². The van der Waals surface area contributed by atoms with Gasteiger partial charge < -0.3 is 14.2 Å². The summed E-state index contributed by atoms with van der Waals surface area (Å²) in [6.07, 6.45) is 5.06. The molecule has 9 nitrogen and oxygen atoms in total. The van der Waals surface area contributed by atoms with Gasteiger partial charge in [-0.25, -0.2) is 17.4 Å². The molecule has 0 amide bonds. The largest absolute Gasteiger partial charge is 0.466 e. The van der Waals surface area contributed by atoms with E-state index in [1.807, 2.05) is 6.08 Å². The molecule has 1 atom stereocenters. The van der Waals surface area contributed by atoms with E-state index in [2.05, 4.69) is 11.1 Å². The Labute approximate surface area is 192 Å². The summed E-state index contributed by atoms with van der Waals surface area (Å²) in [5.74, 6) is -0.191. The third-order valence-electron chi connectivity index (χ3n) is 4.66. The maximum atomic E-state index is 11.8. The van der Waals surface area contributed by atoms with E-state index in [1.54, 1.807) is 39.2 Å². The molecule has 12 heteroatoms. The van der Waals surface area contributed by atoms with Crippen LogP contribution in [0.4, 0.5) is 0 Å². The average Bonchev–Trinajstić information content (AvgIpc) is 3.14. The van der Waals surface area contributed by atoms with Crippen molar-refractivity contribution in [1.82, 2.24) is 4.90 Å². The predicted octanol–water partition coefficient (Wildman–Crippen LogP) is 2.10. The fourth-order valence-corrected chi connectivity index (χ4v) is 6.82. The number of carbonyl (C=O) groups excluding carboxylic acids is 1. The summed E-state index contributed by atoms with van der Waals surface area (Å²) in [5.41, 5.74) is 0.857. The number of hydrogen-bond donors (Lipinski definition) is 1. The van der Waals surface area contributed by atoms with Gasteiger partial charge in [0.25, 0.3) is 0 Å². The minimum atomic E-state index is -3.74. The first-order chi connectivity index (χ1) is 14.7. The highest BCUT2D eigenvalue weighted by molar-refractivity contribution is 7.97. The van der Waals surface area contributed by atoms with Crippen LogP contribution in [0, 0.1) is 0 Å². The lowest BCUT2D eigenvalue weighted by Gasteiger charge is -2.37. The van der Waals surface area contributed by atoms with Crippen LogP contribution in [0.15, 0.2) is 20.7 Å². The fourth-order valence-electron chi connectivity index (χ4n) is 3.11. The highest BCUT2D eigenvalue weighted by Crippen LogP contribution is 2.44. The van der Waals surface area contributed by atoms with Gasteiger partial charge in [0.05, 0.1) is 19.8 Å². The van der Waals surface area contributed by atoms with Crippen LogP contribution in [0.25, 0.3) is 6.08 Å². The van der Waals surface area contributed by atoms with E-state index < -0.39 is 10.0 Å². The molecular weight excluding hydrogens is 462 g/mol. The molecule has 0 fully saturated rings. The number of nitrogens with two attached hydrogens (primary N) is 1. The van der Waals surface area contributed by atoms with Crippen LogP contribution >= 0.6 is 23.3 Å². The summed E-state index contributed by atoms with van der Waals surface area (Å²) in [5, 5.41) is 5.32. The van der Waals surface area contributed by atoms with Gasteiger partial charge in [-0.3, -0.25) is 9.69 Å². The SMILES string of the molecule is CCOC(=O)CCCN(CCOC)C[N+]1(CCOC)C=Cc2cc(S(N)(=O)=O)sc2S1. The highest BCUT2D eigenvalue weighted by Gasteiger charge is 2.36. The van der Waals surface area contributed by atoms with Gasteiger partial charge in [-0.1, -0.05) is 0 Å². The number of primary sulfonamides is 1. The van der Waals surface area contributed by atoms with Crippen molar-refractivity contribution < 1.29 is 31.3 Å². The predicted molar refractivity (Wildman–Crippen MR) is 122 cm³/mol. The Morgan fingerprint density at radius 1 is 1.23 bits per heavy atom. The lowest BCUT2D eigenvalue weighted by atomic mass is 10.3. The first-order valence-corrected chi connectivity index (χ1v) is 13.1. The number of esters is 1. The van der Waals surface area contributed by atoms with E-state index in [4.69, 9.17) is 19.3 Å². The second-order valence-corrected chi connectivity index (χ2v) is 11.5. The molecule has 31 heavy (non-hydrogen) atoms. The summed E-state index contributed by atoms with van der Waals surface area (Å²) < 4.78 is 40.7. The summed E-state index contributed by atoms with van der Waals surface area (Å²) in [6, 6.07) is 1.62. The van der Waals surface area contributed by atoms with Crippen LogP contribution in [0.2, 0.25) is 0 Å². The van der Waals surface area contributed by atoms with Crippen LogP contribution in [-0.2, 0) is 29.0 Å². The lowest BCUT2D eigenvalue weighted by Crippen LogP contribution is -2.48. The number of thiophene rings is 1. The number of nitrogens with zero attached hydrogens (tertiary/aromatic N) is 2.